The van der Waals surface area contributed by atoms with Crippen molar-refractivity contribution in [2.75, 3.05) is 30.4 Å². The van der Waals surface area contributed by atoms with Gasteiger partial charge in [-0.1, -0.05) is 17.7 Å². The Balaban J connectivity index is 1.70. The maximum Gasteiger partial charge on any atom is 0.229 e. The van der Waals surface area contributed by atoms with Crippen molar-refractivity contribution in [3.63, 3.8) is 0 Å². The summed E-state index contributed by atoms with van der Waals surface area (Å²) in [4.78, 5) is 14.8. The molecule has 1 N–H and O–H groups in total. The summed E-state index contributed by atoms with van der Waals surface area (Å²) in [6.07, 6.45) is 1.77. The summed E-state index contributed by atoms with van der Waals surface area (Å²) in [5.41, 5.74) is 1.77. The van der Waals surface area contributed by atoms with Crippen LogP contribution in [0.4, 0.5) is 11.5 Å². The first-order chi connectivity index (χ1) is 12.1. The highest BCUT2D eigenvalue weighted by Gasteiger charge is 2.27. The van der Waals surface area contributed by atoms with Crippen LogP contribution in [-0.4, -0.2) is 36.3 Å². The Labute approximate surface area is 152 Å². The molecular weight excluding hydrogens is 340 g/mol. The zero-order valence-electron chi connectivity index (χ0n) is 14.3. The largest absolute Gasteiger partial charge is 0.495 e. The highest BCUT2D eigenvalue weighted by atomic mass is 35.5. The van der Waals surface area contributed by atoms with Gasteiger partial charge in [0.15, 0.2) is 11.0 Å². The fourth-order valence-corrected chi connectivity index (χ4v) is 3.13. The first-order valence-corrected chi connectivity index (χ1v) is 8.64. The Morgan fingerprint density at radius 3 is 2.88 bits per heavy atom. The molecule has 0 spiro atoms. The van der Waals surface area contributed by atoms with Gasteiger partial charge in [0.2, 0.25) is 5.91 Å². The van der Waals surface area contributed by atoms with Gasteiger partial charge in [0, 0.05) is 13.1 Å². The molecular formula is C18H21ClN4O2. The predicted octanol–water partition coefficient (Wildman–Crippen LogP) is 3.30. The Kier molecular flexibility index (Phi) is 5.38. The monoisotopic (exact) mass is 360 g/mol. The number of anilines is 2. The van der Waals surface area contributed by atoms with Gasteiger partial charge < -0.3 is 15.0 Å². The van der Waals surface area contributed by atoms with Crippen LogP contribution in [0, 0.1) is 12.8 Å². The number of carbonyl (C=O) groups excluding carboxylic acids is 1. The molecule has 6 nitrogen and oxygen atoms in total. The zero-order valence-corrected chi connectivity index (χ0v) is 15.1. The van der Waals surface area contributed by atoms with E-state index in [1.807, 2.05) is 31.2 Å². The molecule has 1 aliphatic rings. The number of nitrogens with zero attached hydrogens (tertiary/aromatic N) is 3. The molecule has 1 fully saturated rings. The van der Waals surface area contributed by atoms with Gasteiger partial charge in [-0.25, -0.2) is 0 Å². The van der Waals surface area contributed by atoms with Crippen LogP contribution in [0.1, 0.15) is 18.4 Å². The van der Waals surface area contributed by atoms with Gasteiger partial charge in [-0.3, -0.25) is 4.79 Å². The number of benzene rings is 1. The van der Waals surface area contributed by atoms with E-state index in [1.165, 1.54) is 0 Å². The van der Waals surface area contributed by atoms with Gasteiger partial charge in [-0.05, 0) is 49.6 Å². The molecule has 1 aromatic heterocycles. The lowest BCUT2D eigenvalue weighted by Crippen LogP contribution is -2.41. The topological polar surface area (TPSA) is 67.3 Å². The number of methoxy groups -OCH3 is 1. The average Bonchev–Trinajstić information content (AvgIpc) is 2.62. The normalized spacial score (nSPS) is 17.2. The Hall–Kier alpha value is -2.34. The van der Waals surface area contributed by atoms with Gasteiger partial charge >= 0.3 is 0 Å². The minimum absolute atomic E-state index is 0.00415. The second-order valence-corrected chi connectivity index (χ2v) is 6.58. The summed E-state index contributed by atoms with van der Waals surface area (Å²) in [6.45, 7) is 3.45. The van der Waals surface area contributed by atoms with Crippen LogP contribution in [-0.2, 0) is 4.79 Å². The van der Waals surface area contributed by atoms with Crippen molar-refractivity contribution in [1.82, 2.24) is 10.2 Å². The molecule has 2 aromatic rings. The van der Waals surface area contributed by atoms with Crippen LogP contribution in [0.3, 0.4) is 0 Å². The smallest absolute Gasteiger partial charge is 0.229 e. The number of rotatable bonds is 4. The van der Waals surface area contributed by atoms with Gasteiger partial charge in [0.25, 0.3) is 0 Å². The highest BCUT2D eigenvalue weighted by Crippen LogP contribution is 2.28. The van der Waals surface area contributed by atoms with E-state index in [1.54, 1.807) is 13.2 Å². The number of hydrogen-bond donors (Lipinski definition) is 1. The Morgan fingerprint density at radius 1 is 1.32 bits per heavy atom. The van der Waals surface area contributed by atoms with Crippen LogP contribution in [0.25, 0.3) is 0 Å². The molecule has 1 saturated heterocycles. The summed E-state index contributed by atoms with van der Waals surface area (Å²) in [5, 5.41) is 11.4. The van der Waals surface area contributed by atoms with Crippen LogP contribution in [0.15, 0.2) is 30.3 Å². The van der Waals surface area contributed by atoms with Crippen LogP contribution in [0.2, 0.25) is 5.15 Å². The van der Waals surface area contributed by atoms with E-state index in [2.05, 4.69) is 20.4 Å². The van der Waals surface area contributed by atoms with E-state index in [0.717, 1.165) is 30.8 Å². The van der Waals surface area contributed by atoms with Crippen molar-refractivity contribution >= 4 is 29.0 Å². The SMILES string of the molecule is COc1ccc(C)cc1NC(=O)[C@H]1CCCN(c2ccc(Cl)nn2)C1. The number of hydrogen-bond acceptors (Lipinski definition) is 5. The minimum Gasteiger partial charge on any atom is -0.495 e. The second-order valence-electron chi connectivity index (χ2n) is 6.19. The van der Waals surface area contributed by atoms with Gasteiger partial charge in [-0.15, -0.1) is 10.2 Å². The lowest BCUT2D eigenvalue weighted by Gasteiger charge is -2.32. The quantitative estimate of drug-likeness (QED) is 0.906. The van der Waals surface area contributed by atoms with E-state index in [-0.39, 0.29) is 11.8 Å². The zero-order chi connectivity index (χ0) is 17.8. The van der Waals surface area contributed by atoms with Gasteiger partial charge in [0.05, 0.1) is 18.7 Å². The summed E-state index contributed by atoms with van der Waals surface area (Å²) in [7, 11) is 1.60. The van der Waals surface area contributed by atoms with Crippen LogP contribution in [0.5, 0.6) is 5.75 Å². The first-order valence-electron chi connectivity index (χ1n) is 8.26. The third-order valence-corrected chi connectivity index (χ3v) is 4.55. The van der Waals surface area contributed by atoms with Crippen molar-refractivity contribution in [3.05, 3.63) is 41.0 Å². The van der Waals surface area contributed by atoms with E-state index < -0.39 is 0 Å². The summed E-state index contributed by atoms with van der Waals surface area (Å²) < 4.78 is 5.33. The maximum absolute atomic E-state index is 12.7. The number of ether oxygens (including phenoxy) is 1. The second kappa shape index (κ2) is 7.70. The van der Waals surface area contributed by atoms with Crippen molar-refractivity contribution in [1.29, 1.82) is 0 Å². The average molecular weight is 361 g/mol. The lowest BCUT2D eigenvalue weighted by molar-refractivity contribution is -0.120. The number of aryl methyl sites for hydroxylation is 1. The third kappa shape index (κ3) is 4.20. The number of amides is 1. The van der Waals surface area contributed by atoms with Gasteiger partial charge in [0.1, 0.15) is 5.75 Å². The number of nitrogens with one attached hydrogen (secondary N) is 1. The lowest BCUT2D eigenvalue weighted by atomic mass is 9.97. The maximum atomic E-state index is 12.7. The van der Waals surface area contributed by atoms with Crippen molar-refractivity contribution in [2.45, 2.75) is 19.8 Å². The number of halogens is 1. The van der Waals surface area contributed by atoms with E-state index >= 15 is 0 Å². The molecule has 0 radical (unpaired) electrons. The molecule has 3 rings (SSSR count). The molecule has 2 heterocycles. The van der Waals surface area contributed by atoms with Crippen molar-refractivity contribution in [3.8, 4) is 5.75 Å². The highest BCUT2D eigenvalue weighted by molar-refractivity contribution is 6.29. The van der Waals surface area contributed by atoms with E-state index in [0.29, 0.717) is 23.1 Å². The predicted molar refractivity (Wildman–Crippen MR) is 98.3 cm³/mol. The molecule has 1 aromatic carbocycles. The molecule has 132 valence electrons. The Bertz CT molecular complexity index is 751. The summed E-state index contributed by atoms with van der Waals surface area (Å²) in [5.74, 6) is 1.29. The molecule has 0 unspecified atom stereocenters. The molecule has 0 saturated carbocycles. The van der Waals surface area contributed by atoms with E-state index in [9.17, 15) is 4.79 Å². The van der Waals surface area contributed by atoms with Crippen LogP contribution < -0.4 is 15.0 Å². The molecule has 0 aliphatic carbocycles. The number of piperidine rings is 1. The molecule has 25 heavy (non-hydrogen) atoms. The van der Waals surface area contributed by atoms with Crippen LogP contribution >= 0.6 is 11.6 Å². The third-order valence-electron chi connectivity index (χ3n) is 4.35. The molecule has 1 aliphatic heterocycles. The standard InChI is InChI=1S/C18H21ClN4O2/c1-12-5-6-15(25-2)14(10-12)20-18(24)13-4-3-9-23(11-13)17-8-7-16(19)21-22-17/h5-8,10,13H,3-4,9,11H2,1-2H3,(H,20,24)/t13-/m0/s1. The molecule has 7 heteroatoms. The van der Waals surface area contributed by atoms with Gasteiger partial charge in [-0.2, -0.15) is 0 Å². The Morgan fingerprint density at radius 2 is 2.16 bits per heavy atom. The molecule has 1 atom stereocenters. The fraction of sp³-hybridized carbons (Fsp3) is 0.389. The summed E-state index contributed by atoms with van der Waals surface area (Å²) >= 11 is 5.79. The number of aromatic nitrogens is 2. The van der Waals surface area contributed by atoms with Crippen molar-refractivity contribution in [2.24, 2.45) is 5.92 Å². The minimum atomic E-state index is -0.114. The first kappa shape index (κ1) is 17.5. The molecule has 0 bridgehead atoms. The van der Waals surface area contributed by atoms with Crippen molar-refractivity contribution < 1.29 is 9.53 Å². The fourth-order valence-electron chi connectivity index (χ4n) is 3.03. The summed E-state index contributed by atoms with van der Waals surface area (Å²) in [6, 6.07) is 9.28. The number of carbonyl (C=O) groups is 1. The van der Waals surface area contributed by atoms with E-state index in [4.69, 9.17) is 16.3 Å². The molecule has 1 amide bonds.